The van der Waals surface area contributed by atoms with E-state index in [4.69, 9.17) is 23.2 Å². The molecule has 1 aliphatic heterocycles. The third-order valence-electron chi connectivity index (χ3n) is 8.47. The standard InChI is InChI=1S/C32H20BrCl2N3O4/c33-16-9-12-25(39)20(13-16)29(40)37-36-15-32-21-7-3-1-5-18(21)26(19-6-2-4-8-22(19)32)27-28(32)31(42)38(30(27)41)24-11-10-17(34)14-23(24)35/h1-15,26-28,39H,(H,37,40)/b36-15-/t26?,27-,28+,32?/m0/s1. The summed E-state index contributed by atoms with van der Waals surface area (Å²) in [5.41, 5.74) is 5.15. The quantitative estimate of drug-likeness (QED) is 0.150. The SMILES string of the molecule is O=C(N/N=C\C12c3ccccc3C(c3ccccc31)[C@@H]1C(=O)N(c3ccc(Cl)cc3Cl)C(=O)[C@@H]12)c1cc(Br)ccc1O. The summed E-state index contributed by atoms with van der Waals surface area (Å²) in [5.74, 6) is -3.55. The van der Waals surface area contributed by atoms with Crippen LogP contribution in [0.15, 0.2) is 94.5 Å². The first-order chi connectivity index (χ1) is 20.2. The zero-order valence-corrected chi connectivity index (χ0v) is 24.7. The summed E-state index contributed by atoms with van der Waals surface area (Å²) in [5, 5.41) is 15.2. The highest BCUT2D eigenvalue weighted by Gasteiger charge is 2.68. The van der Waals surface area contributed by atoms with Crippen LogP contribution in [0.3, 0.4) is 0 Å². The van der Waals surface area contributed by atoms with Gasteiger partial charge in [-0.2, -0.15) is 5.10 Å². The Hall–Kier alpha value is -3.98. The largest absolute Gasteiger partial charge is 0.507 e. The predicted octanol–water partition coefficient (Wildman–Crippen LogP) is 6.43. The average molecular weight is 661 g/mol. The fraction of sp³-hybridized carbons (Fsp3) is 0.125. The second-order valence-corrected chi connectivity index (χ2v) is 12.3. The van der Waals surface area contributed by atoms with Crippen LogP contribution in [0.5, 0.6) is 5.75 Å². The molecule has 4 aromatic rings. The highest BCUT2D eigenvalue weighted by Crippen LogP contribution is 2.63. The molecule has 1 saturated heterocycles. The minimum absolute atomic E-state index is 0.0285. The van der Waals surface area contributed by atoms with Crippen molar-refractivity contribution in [2.24, 2.45) is 16.9 Å². The topological polar surface area (TPSA) is 99.1 Å². The summed E-state index contributed by atoms with van der Waals surface area (Å²) in [7, 11) is 0. The molecular formula is C32H20BrCl2N3O4. The van der Waals surface area contributed by atoms with Gasteiger partial charge in [0.1, 0.15) is 5.75 Å². The predicted molar refractivity (Wildman–Crippen MR) is 163 cm³/mol. The molecule has 42 heavy (non-hydrogen) atoms. The number of halogens is 3. The first-order valence-corrected chi connectivity index (χ1v) is 14.6. The molecule has 1 fully saturated rings. The van der Waals surface area contributed by atoms with Crippen molar-refractivity contribution in [3.63, 3.8) is 0 Å². The second-order valence-electron chi connectivity index (χ2n) is 10.5. The lowest BCUT2D eigenvalue weighted by molar-refractivity contribution is -0.122. The number of hydrogen-bond donors (Lipinski definition) is 2. The van der Waals surface area contributed by atoms with E-state index in [0.717, 1.165) is 22.3 Å². The van der Waals surface area contributed by atoms with E-state index in [1.165, 1.54) is 23.1 Å². The highest BCUT2D eigenvalue weighted by molar-refractivity contribution is 9.10. The molecule has 7 nitrogen and oxygen atoms in total. The number of anilines is 1. The van der Waals surface area contributed by atoms with Crippen molar-refractivity contribution in [3.8, 4) is 5.75 Å². The van der Waals surface area contributed by atoms with Gasteiger partial charge in [-0.05, 0) is 58.7 Å². The van der Waals surface area contributed by atoms with Gasteiger partial charge >= 0.3 is 0 Å². The minimum Gasteiger partial charge on any atom is -0.507 e. The maximum absolute atomic E-state index is 14.4. The number of hydrazone groups is 1. The first-order valence-electron chi connectivity index (χ1n) is 13.1. The van der Waals surface area contributed by atoms with Crippen LogP contribution in [0.1, 0.15) is 38.5 Å². The molecule has 0 aromatic heterocycles. The third-order valence-corrected chi connectivity index (χ3v) is 9.50. The van der Waals surface area contributed by atoms with Crippen LogP contribution < -0.4 is 10.3 Å². The monoisotopic (exact) mass is 659 g/mol. The van der Waals surface area contributed by atoms with Crippen LogP contribution in [-0.2, 0) is 15.0 Å². The van der Waals surface area contributed by atoms with Crippen LogP contribution in [0, 0.1) is 11.8 Å². The van der Waals surface area contributed by atoms with E-state index in [9.17, 15) is 19.5 Å². The van der Waals surface area contributed by atoms with Crippen molar-refractivity contribution < 1.29 is 19.5 Å². The van der Waals surface area contributed by atoms with E-state index in [1.807, 2.05) is 48.5 Å². The lowest BCUT2D eigenvalue weighted by Crippen LogP contribution is -2.54. The summed E-state index contributed by atoms with van der Waals surface area (Å²) in [6.07, 6.45) is 1.56. The van der Waals surface area contributed by atoms with Crippen molar-refractivity contribution in [1.82, 2.24) is 5.43 Å². The van der Waals surface area contributed by atoms with Crippen LogP contribution in [-0.4, -0.2) is 29.0 Å². The zero-order chi connectivity index (χ0) is 29.3. The fourth-order valence-electron chi connectivity index (χ4n) is 6.89. The number of aromatic hydroxyl groups is 1. The summed E-state index contributed by atoms with van der Waals surface area (Å²) < 4.78 is 0.611. The molecule has 0 unspecified atom stereocenters. The van der Waals surface area contributed by atoms with E-state index in [0.29, 0.717) is 9.50 Å². The van der Waals surface area contributed by atoms with Gasteiger partial charge < -0.3 is 5.11 Å². The smallest absolute Gasteiger partial charge is 0.275 e. The maximum Gasteiger partial charge on any atom is 0.275 e. The van der Waals surface area contributed by atoms with Gasteiger partial charge in [-0.25, -0.2) is 10.3 Å². The number of carbonyl (C=O) groups excluding carboxylic acids is 3. The lowest BCUT2D eigenvalue weighted by atomic mass is 9.47. The normalized spacial score (nSPS) is 23.6. The van der Waals surface area contributed by atoms with Crippen LogP contribution >= 0.6 is 39.1 Å². The van der Waals surface area contributed by atoms with Gasteiger partial charge in [-0.15, -0.1) is 0 Å². The number of phenolic OH excluding ortho intramolecular Hbond substituents is 1. The molecule has 2 atom stereocenters. The fourth-order valence-corrected chi connectivity index (χ4v) is 7.75. The molecule has 0 saturated carbocycles. The van der Waals surface area contributed by atoms with Crippen LogP contribution in [0.4, 0.5) is 5.69 Å². The Bertz CT molecular complexity index is 1830. The van der Waals surface area contributed by atoms with Gasteiger partial charge in [0, 0.05) is 21.6 Å². The molecule has 0 radical (unpaired) electrons. The van der Waals surface area contributed by atoms with Crippen molar-refractivity contribution in [2.45, 2.75) is 11.3 Å². The third kappa shape index (κ3) is 3.72. The van der Waals surface area contributed by atoms with Crippen molar-refractivity contribution in [1.29, 1.82) is 0 Å². The summed E-state index contributed by atoms with van der Waals surface area (Å²) in [4.78, 5) is 42.9. The number of phenols is 1. The van der Waals surface area contributed by atoms with Gasteiger partial charge in [0.15, 0.2) is 0 Å². The number of nitrogens with zero attached hydrogens (tertiary/aromatic N) is 2. The first kappa shape index (κ1) is 26.9. The maximum atomic E-state index is 14.4. The molecule has 0 spiro atoms. The average Bonchev–Trinajstić information content (AvgIpc) is 3.25. The summed E-state index contributed by atoms with van der Waals surface area (Å²) in [6.45, 7) is 0. The Balaban J connectivity index is 1.40. The molecule has 208 valence electrons. The Labute approximate surface area is 258 Å². The van der Waals surface area contributed by atoms with Crippen molar-refractivity contribution in [3.05, 3.63) is 127 Å². The highest BCUT2D eigenvalue weighted by atomic mass is 79.9. The summed E-state index contributed by atoms with van der Waals surface area (Å²) in [6, 6.07) is 24.6. The molecule has 2 bridgehead atoms. The number of rotatable bonds is 4. The zero-order valence-electron chi connectivity index (χ0n) is 21.6. The van der Waals surface area contributed by atoms with E-state index in [2.05, 4.69) is 26.5 Å². The molecule has 10 heteroatoms. The van der Waals surface area contributed by atoms with E-state index in [-0.39, 0.29) is 33.8 Å². The van der Waals surface area contributed by atoms with Gasteiger partial charge in [0.25, 0.3) is 5.91 Å². The van der Waals surface area contributed by atoms with Crippen LogP contribution in [0.25, 0.3) is 0 Å². The molecule has 2 N–H and O–H groups in total. The molecule has 8 rings (SSSR count). The van der Waals surface area contributed by atoms with E-state index < -0.39 is 29.1 Å². The molecule has 4 aliphatic rings. The molecular weight excluding hydrogens is 641 g/mol. The van der Waals surface area contributed by atoms with Crippen molar-refractivity contribution in [2.75, 3.05) is 4.90 Å². The number of nitrogens with one attached hydrogen (secondary N) is 1. The van der Waals surface area contributed by atoms with Gasteiger partial charge in [0.05, 0.1) is 33.5 Å². The van der Waals surface area contributed by atoms with E-state index in [1.54, 1.807) is 24.4 Å². The Morgan fingerprint density at radius 2 is 1.60 bits per heavy atom. The number of imide groups is 1. The number of hydrogen-bond acceptors (Lipinski definition) is 5. The van der Waals surface area contributed by atoms with Crippen molar-refractivity contribution >= 4 is 68.8 Å². The molecule has 4 aromatic carbocycles. The molecule has 1 heterocycles. The number of amides is 3. The molecule has 3 aliphatic carbocycles. The number of benzene rings is 4. The van der Waals surface area contributed by atoms with Gasteiger partial charge in [-0.1, -0.05) is 87.7 Å². The molecule has 3 amide bonds. The van der Waals surface area contributed by atoms with E-state index >= 15 is 0 Å². The Morgan fingerprint density at radius 1 is 0.929 bits per heavy atom. The summed E-state index contributed by atoms with van der Waals surface area (Å²) >= 11 is 15.9. The van der Waals surface area contributed by atoms with Crippen LogP contribution in [0.2, 0.25) is 10.0 Å². The minimum atomic E-state index is -1.18. The van der Waals surface area contributed by atoms with Gasteiger partial charge in [0.2, 0.25) is 11.8 Å². The Kier molecular flexibility index (Phi) is 6.27. The van der Waals surface area contributed by atoms with Gasteiger partial charge in [-0.3, -0.25) is 14.4 Å². The lowest BCUT2D eigenvalue weighted by Gasteiger charge is -2.52. The number of carbonyl (C=O) groups is 3. The second kappa shape index (κ2) is 9.80. The Morgan fingerprint density at radius 3 is 2.26 bits per heavy atom.